The number of carbonyl (C=O) groups excluding carboxylic acids is 1. The molecular formula is C12H17NOS. The Balaban J connectivity index is 1.71. The molecule has 0 aromatic rings. The van der Waals surface area contributed by atoms with Gasteiger partial charge in [0.25, 0.3) is 5.91 Å². The Morgan fingerprint density at radius 1 is 1.47 bits per heavy atom. The van der Waals surface area contributed by atoms with Gasteiger partial charge in [-0.2, -0.15) is 0 Å². The van der Waals surface area contributed by atoms with E-state index < -0.39 is 0 Å². The first-order valence-electron chi connectivity index (χ1n) is 5.95. The molecule has 0 spiro atoms. The van der Waals surface area contributed by atoms with E-state index in [0.29, 0.717) is 5.41 Å². The lowest BCUT2D eigenvalue weighted by molar-refractivity contribution is -0.116. The predicted molar refractivity (Wildman–Crippen MR) is 63.1 cm³/mol. The number of carbonyl (C=O) groups is 1. The van der Waals surface area contributed by atoms with Crippen LogP contribution in [0.1, 0.15) is 45.4 Å². The van der Waals surface area contributed by atoms with Gasteiger partial charge in [0.15, 0.2) is 0 Å². The molecule has 3 aliphatic rings. The molecule has 2 aliphatic carbocycles. The topological polar surface area (TPSA) is 29.4 Å². The molecule has 1 unspecified atom stereocenters. The van der Waals surface area contributed by atoms with Crippen LogP contribution in [0.2, 0.25) is 0 Å². The van der Waals surface area contributed by atoms with Crippen LogP contribution in [0.4, 0.5) is 0 Å². The highest BCUT2D eigenvalue weighted by molar-refractivity contribution is 8.15. The molecule has 82 valence electrons. The summed E-state index contributed by atoms with van der Waals surface area (Å²) in [6.45, 7) is 1.97. The van der Waals surface area contributed by atoms with Crippen molar-refractivity contribution in [2.75, 3.05) is 0 Å². The molecule has 0 N–H and O–H groups in total. The molecule has 0 aromatic heterocycles. The van der Waals surface area contributed by atoms with E-state index in [-0.39, 0.29) is 11.2 Å². The van der Waals surface area contributed by atoms with Crippen LogP contribution in [0.25, 0.3) is 0 Å². The van der Waals surface area contributed by atoms with Crippen LogP contribution in [0.5, 0.6) is 0 Å². The Labute approximate surface area is 94.9 Å². The van der Waals surface area contributed by atoms with Crippen molar-refractivity contribution >= 4 is 22.7 Å². The third kappa shape index (κ3) is 1.65. The summed E-state index contributed by atoms with van der Waals surface area (Å²) in [6.07, 6.45) is 8.07. The second-order valence-corrected chi connectivity index (χ2v) is 6.84. The van der Waals surface area contributed by atoms with E-state index in [1.54, 1.807) is 11.8 Å². The Kier molecular flexibility index (Phi) is 2.20. The summed E-state index contributed by atoms with van der Waals surface area (Å²) in [7, 11) is 0. The maximum Gasteiger partial charge on any atom is 0.259 e. The minimum absolute atomic E-state index is 0.0787. The van der Waals surface area contributed by atoms with E-state index in [4.69, 9.17) is 0 Å². The van der Waals surface area contributed by atoms with Crippen molar-refractivity contribution in [3.05, 3.63) is 0 Å². The number of hydrogen-bond acceptors (Lipinski definition) is 2. The summed E-state index contributed by atoms with van der Waals surface area (Å²) in [6, 6.07) is 0. The Hall–Kier alpha value is -0.310. The molecule has 3 rings (SSSR count). The summed E-state index contributed by atoms with van der Waals surface area (Å²) < 4.78 is 0. The number of thioether (sulfide) groups is 1. The lowest BCUT2D eigenvalue weighted by Crippen LogP contribution is -2.17. The van der Waals surface area contributed by atoms with Gasteiger partial charge in [-0.25, -0.2) is 4.99 Å². The van der Waals surface area contributed by atoms with Crippen LogP contribution in [0.3, 0.4) is 0 Å². The normalized spacial score (nSPS) is 43.8. The number of hydrogen-bond donors (Lipinski definition) is 0. The monoisotopic (exact) mass is 223 g/mol. The van der Waals surface area contributed by atoms with Crippen LogP contribution in [0.15, 0.2) is 4.99 Å². The first-order valence-corrected chi connectivity index (χ1v) is 6.83. The summed E-state index contributed by atoms with van der Waals surface area (Å²) in [5.41, 5.74) is 0.542. The molecule has 1 atom stereocenters. The SMILES string of the molecule is CC1SC(CC23CCC(CC2)C3)=NC1=O. The molecule has 2 nitrogen and oxygen atoms in total. The maximum atomic E-state index is 11.4. The second-order valence-electron chi connectivity index (χ2n) is 5.43. The van der Waals surface area contributed by atoms with Gasteiger partial charge in [0.05, 0.1) is 10.3 Å². The molecule has 3 heteroatoms. The van der Waals surface area contributed by atoms with Crippen molar-refractivity contribution in [2.24, 2.45) is 16.3 Å². The molecule has 1 heterocycles. The third-order valence-electron chi connectivity index (χ3n) is 4.31. The van der Waals surface area contributed by atoms with E-state index in [2.05, 4.69) is 4.99 Å². The predicted octanol–water partition coefficient (Wildman–Crippen LogP) is 3.02. The highest BCUT2D eigenvalue weighted by Crippen LogP contribution is 2.56. The van der Waals surface area contributed by atoms with Crippen molar-refractivity contribution in [2.45, 2.75) is 50.7 Å². The number of fused-ring (bicyclic) bond motifs is 2. The molecule has 0 aromatic carbocycles. The average molecular weight is 223 g/mol. The highest BCUT2D eigenvalue weighted by atomic mass is 32.2. The smallest absolute Gasteiger partial charge is 0.259 e. The van der Waals surface area contributed by atoms with Gasteiger partial charge in [-0.15, -0.1) is 0 Å². The fourth-order valence-electron chi connectivity index (χ4n) is 3.46. The van der Waals surface area contributed by atoms with Crippen molar-refractivity contribution in [3.8, 4) is 0 Å². The first-order chi connectivity index (χ1) is 7.17. The largest absolute Gasteiger partial charge is 0.271 e. The van der Waals surface area contributed by atoms with Gasteiger partial charge < -0.3 is 0 Å². The van der Waals surface area contributed by atoms with E-state index in [0.717, 1.165) is 17.4 Å². The van der Waals surface area contributed by atoms with Crippen LogP contribution >= 0.6 is 11.8 Å². The molecular weight excluding hydrogens is 206 g/mol. The Morgan fingerprint density at radius 2 is 2.20 bits per heavy atom. The first kappa shape index (κ1) is 9.88. The number of aliphatic imine (C=N–C) groups is 1. The number of nitrogens with zero attached hydrogens (tertiary/aromatic N) is 1. The Bertz CT molecular complexity index is 329. The lowest BCUT2D eigenvalue weighted by Gasteiger charge is -2.25. The van der Waals surface area contributed by atoms with Gasteiger partial charge in [0.1, 0.15) is 0 Å². The molecule has 0 radical (unpaired) electrons. The molecule has 1 aliphatic heterocycles. The van der Waals surface area contributed by atoms with Crippen molar-refractivity contribution in [3.63, 3.8) is 0 Å². The molecule has 1 amide bonds. The van der Waals surface area contributed by atoms with Crippen LogP contribution in [-0.2, 0) is 4.79 Å². The van der Waals surface area contributed by atoms with Gasteiger partial charge in [-0.3, -0.25) is 4.79 Å². The molecule has 2 saturated carbocycles. The van der Waals surface area contributed by atoms with E-state index in [9.17, 15) is 4.79 Å². The zero-order chi connectivity index (χ0) is 10.5. The molecule has 0 saturated heterocycles. The standard InChI is InChI=1S/C12H17NOS/c1-8-11(14)13-10(15-8)7-12-4-2-9(6-12)3-5-12/h8-9H,2-7H2,1H3. The molecule has 15 heavy (non-hydrogen) atoms. The maximum absolute atomic E-state index is 11.4. The van der Waals surface area contributed by atoms with E-state index in [1.807, 2.05) is 6.92 Å². The summed E-state index contributed by atoms with van der Waals surface area (Å²) in [5.74, 6) is 1.07. The van der Waals surface area contributed by atoms with E-state index in [1.165, 1.54) is 32.1 Å². The van der Waals surface area contributed by atoms with Crippen LogP contribution < -0.4 is 0 Å². The zero-order valence-corrected chi connectivity index (χ0v) is 9.98. The fraction of sp³-hybridized carbons (Fsp3) is 0.833. The van der Waals surface area contributed by atoms with Crippen molar-refractivity contribution < 1.29 is 4.79 Å². The quantitative estimate of drug-likeness (QED) is 0.720. The molecule has 2 fully saturated rings. The number of amides is 1. The summed E-state index contributed by atoms with van der Waals surface area (Å²) in [4.78, 5) is 15.5. The molecule has 2 bridgehead atoms. The van der Waals surface area contributed by atoms with Gasteiger partial charge in [0.2, 0.25) is 0 Å². The van der Waals surface area contributed by atoms with Crippen molar-refractivity contribution in [1.29, 1.82) is 0 Å². The van der Waals surface area contributed by atoms with Crippen LogP contribution in [0, 0.1) is 11.3 Å². The lowest BCUT2D eigenvalue weighted by atomic mass is 9.81. The highest BCUT2D eigenvalue weighted by Gasteiger charge is 2.46. The van der Waals surface area contributed by atoms with Gasteiger partial charge in [-0.05, 0) is 50.4 Å². The minimum atomic E-state index is 0.0787. The van der Waals surface area contributed by atoms with Gasteiger partial charge in [0, 0.05) is 6.42 Å². The zero-order valence-electron chi connectivity index (χ0n) is 9.16. The van der Waals surface area contributed by atoms with Crippen molar-refractivity contribution in [1.82, 2.24) is 0 Å². The minimum Gasteiger partial charge on any atom is -0.271 e. The number of rotatable bonds is 2. The fourth-order valence-corrected chi connectivity index (χ4v) is 4.55. The van der Waals surface area contributed by atoms with Crippen LogP contribution in [-0.4, -0.2) is 16.2 Å². The third-order valence-corrected chi connectivity index (χ3v) is 5.37. The summed E-state index contributed by atoms with van der Waals surface area (Å²) in [5, 5.41) is 1.20. The average Bonchev–Trinajstić information content (AvgIpc) is 2.83. The van der Waals surface area contributed by atoms with Gasteiger partial charge >= 0.3 is 0 Å². The second kappa shape index (κ2) is 3.34. The van der Waals surface area contributed by atoms with Gasteiger partial charge in [-0.1, -0.05) is 11.8 Å². The van der Waals surface area contributed by atoms with E-state index >= 15 is 0 Å². The summed E-state index contributed by atoms with van der Waals surface area (Å²) >= 11 is 1.69. The Morgan fingerprint density at radius 3 is 2.67 bits per heavy atom.